The lowest BCUT2D eigenvalue weighted by atomic mass is 9.37. The van der Waals surface area contributed by atoms with Gasteiger partial charge in [-0.1, -0.05) is 141 Å². The quantitative estimate of drug-likeness (QED) is 0.163. The van der Waals surface area contributed by atoms with Gasteiger partial charge in [-0.2, -0.15) is 0 Å². The first kappa shape index (κ1) is 32.3. The highest BCUT2D eigenvalue weighted by molar-refractivity contribution is 7.26. The normalized spacial score (nSPS) is 13.2. The number of hydrogen-bond donors (Lipinski definition) is 0. The van der Waals surface area contributed by atoms with Crippen LogP contribution in [0.5, 0.6) is 0 Å². The second-order valence-corrected chi connectivity index (χ2v) is 18.6. The first-order valence-corrected chi connectivity index (χ1v) is 21.2. The molecule has 2 aliphatic heterocycles. The molecule has 0 saturated heterocycles. The standard InChI is InChI=1S/C52H36BNS2/c1-52(2,3)33-24-25-44(39(28-33)31-14-5-4-6-15-31)54-45-29-40-37-18-9-11-22-47(37)55-49(40)30-43(45)53-42-21-10-7-16-35(42)41-26-32(27-46(54)50(41)53)34-19-13-20-38-36-17-8-12-23-48(36)56-51(34)38/h4-30H,1-3H3. The minimum absolute atomic E-state index is 0.000453. The van der Waals surface area contributed by atoms with Crippen molar-refractivity contribution in [2.45, 2.75) is 26.2 Å². The number of anilines is 3. The molecule has 0 spiro atoms. The molecular formula is C52H36BNS2. The maximum atomic E-state index is 2.63. The van der Waals surface area contributed by atoms with E-state index in [1.165, 1.54) is 113 Å². The van der Waals surface area contributed by atoms with Crippen molar-refractivity contribution >= 4 is 103 Å². The van der Waals surface area contributed by atoms with Gasteiger partial charge in [0, 0.05) is 57.3 Å². The van der Waals surface area contributed by atoms with Crippen LogP contribution in [0.15, 0.2) is 164 Å². The Labute approximate surface area is 335 Å². The van der Waals surface area contributed by atoms with E-state index in [2.05, 4.69) is 189 Å². The van der Waals surface area contributed by atoms with Crippen molar-refractivity contribution in [3.8, 4) is 33.4 Å². The Balaban J connectivity index is 1.22. The summed E-state index contributed by atoms with van der Waals surface area (Å²) in [6, 6.07) is 62.1. The number of fused-ring (bicyclic) bond motifs is 11. The molecule has 2 aromatic heterocycles. The van der Waals surface area contributed by atoms with Gasteiger partial charge in [-0.15, -0.1) is 22.7 Å². The van der Waals surface area contributed by atoms with Gasteiger partial charge in [0.1, 0.15) is 0 Å². The molecule has 4 heteroatoms. The molecule has 8 aromatic carbocycles. The molecule has 4 heterocycles. The number of rotatable bonds is 3. The van der Waals surface area contributed by atoms with E-state index in [4.69, 9.17) is 0 Å². The van der Waals surface area contributed by atoms with Crippen molar-refractivity contribution in [3.63, 3.8) is 0 Å². The minimum atomic E-state index is 0.000453. The average Bonchev–Trinajstić information content (AvgIpc) is 3.90. The molecule has 56 heavy (non-hydrogen) atoms. The van der Waals surface area contributed by atoms with Gasteiger partial charge in [0.05, 0.1) is 5.69 Å². The minimum Gasteiger partial charge on any atom is -0.311 e. The molecule has 0 saturated carbocycles. The Bertz CT molecular complexity index is 3250. The van der Waals surface area contributed by atoms with E-state index in [1.807, 2.05) is 22.7 Å². The summed E-state index contributed by atoms with van der Waals surface area (Å²) < 4.78 is 5.35. The van der Waals surface area contributed by atoms with Crippen LogP contribution in [-0.2, 0) is 5.41 Å². The Hall–Kier alpha value is -5.94. The summed E-state index contributed by atoms with van der Waals surface area (Å²) >= 11 is 3.82. The van der Waals surface area contributed by atoms with Crippen LogP contribution in [0.4, 0.5) is 17.1 Å². The van der Waals surface area contributed by atoms with Crippen LogP contribution in [0.25, 0.3) is 73.7 Å². The Morgan fingerprint density at radius 2 is 1.12 bits per heavy atom. The number of thiophene rings is 2. The van der Waals surface area contributed by atoms with Crippen molar-refractivity contribution < 1.29 is 0 Å². The molecule has 0 atom stereocenters. The number of hydrogen-bond acceptors (Lipinski definition) is 3. The highest BCUT2D eigenvalue weighted by Gasteiger charge is 2.43. The second kappa shape index (κ2) is 11.8. The molecule has 2 aliphatic rings. The third kappa shape index (κ3) is 4.60. The lowest BCUT2D eigenvalue weighted by Gasteiger charge is -2.38. The van der Waals surface area contributed by atoms with E-state index in [-0.39, 0.29) is 12.1 Å². The summed E-state index contributed by atoms with van der Waals surface area (Å²) in [6.45, 7) is 7.09. The van der Waals surface area contributed by atoms with Crippen molar-refractivity contribution in [2.75, 3.05) is 4.90 Å². The summed E-state index contributed by atoms with van der Waals surface area (Å²) in [6.07, 6.45) is 0. The van der Waals surface area contributed by atoms with E-state index in [9.17, 15) is 0 Å². The summed E-state index contributed by atoms with van der Waals surface area (Å²) in [5.74, 6) is 0. The summed E-state index contributed by atoms with van der Waals surface area (Å²) in [7, 11) is 0. The first-order chi connectivity index (χ1) is 27.4. The van der Waals surface area contributed by atoms with Crippen LogP contribution in [0, 0.1) is 0 Å². The smallest absolute Gasteiger partial charge is 0.248 e. The first-order valence-electron chi connectivity index (χ1n) is 19.5. The lowest BCUT2D eigenvalue weighted by molar-refractivity contribution is 0.590. The zero-order chi connectivity index (χ0) is 37.3. The van der Waals surface area contributed by atoms with E-state index >= 15 is 0 Å². The second-order valence-electron chi connectivity index (χ2n) is 16.4. The van der Waals surface area contributed by atoms with Crippen LogP contribution in [-0.4, -0.2) is 6.71 Å². The van der Waals surface area contributed by atoms with Gasteiger partial charge in [-0.25, -0.2) is 0 Å². The topological polar surface area (TPSA) is 3.24 Å². The van der Waals surface area contributed by atoms with Gasteiger partial charge in [-0.3, -0.25) is 0 Å². The molecule has 0 bridgehead atoms. The monoisotopic (exact) mass is 749 g/mol. The van der Waals surface area contributed by atoms with Crippen molar-refractivity contribution in [1.29, 1.82) is 0 Å². The number of benzene rings is 8. The molecule has 264 valence electrons. The lowest BCUT2D eigenvalue weighted by Crippen LogP contribution is -2.54. The van der Waals surface area contributed by atoms with Gasteiger partial charge >= 0.3 is 0 Å². The molecule has 0 N–H and O–H groups in total. The predicted octanol–water partition coefficient (Wildman–Crippen LogP) is 13.3. The maximum Gasteiger partial charge on any atom is 0.248 e. The molecule has 0 amide bonds. The van der Waals surface area contributed by atoms with Crippen LogP contribution in [0.2, 0.25) is 0 Å². The van der Waals surface area contributed by atoms with Crippen molar-refractivity contribution in [1.82, 2.24) is 0 Å². The Morgan fingerprint density at radius 3 is 1.95 bits per heavy atom. The van der Waals surface area contributed by atoms with E-state index in [0.717, 1.165) is 0 Å². The molecule has 10 aromatic rings. The molecule has 0 fully saturated rings. The van der Waals surface area contributed by atoms with Gasteiger partial charge in [-0.05, 0) is 98.3 Å². The van der Waals surface area contributed by atoms with Crippen LogP contribution in [0.3, 0.4) is 0 Å². The highest BCUT2D eigenvalue weighted by atomic mass is 32.1. The van der Waals surface area contributed by atoms with Crippen LogP contribution < -0.4 is 21.3 Å². The molecule has 0 aliphatic carbocycles. The Morgan fingerprint density at radius 1 is 0.429 bits per heavy atom. The fourth-order valence-electron chi connectivity index (χ4n) is 9.59. The fourth-order valence-corrected chi connectivity index (χ4v) is 12.0. The average molecular weight is 750 g/mol. The van der Waals surface area contributed by atoms with E-state index in [1.54, 1.807) is 0 Å². The Kier molecular flexibility index (Phi) is 6.80. The molecule has 12 rings (SSSR count). The molecule has 0 radical (unpaired) electrons. The summed E-state index contributed by atoms with van der Waals surface area (Å²) in [5, 5.41) is 5.30. The predicted molar refractivity (Wildman–Crippen MR) is 247 cm³/mol. The van der Waals surface area contributed by atoms with Crippen LogP contribution in [0.1, 0.15) is 26.3 Å². The van der Waals surface area contributed by atoms with Crippen molar-refractivity contribution in [3.05, 3.63) is 169 Å². The van der Waals surface area contributed by atoms with Crippen LogP contribution >= 0.6 is 22.7 Å². The zero-order valence-corrected chi connectivity index (χ0v) is 33.1. The highest BCUT2D eigenvalue weighted by Crippen LogP contribution is 2.49. The summed E-state index contributed by atoms with van der Waals surface area (Å²) in [4.78, 5) is 2.63. The maximum absolute atomic E-state index is 2.63. The van der Waals surface area contributed by atoms with E-state index < -0.39 is 0 Å². The van der Waals surface area contributed by atoms with Gasteiger partial charge in [0.2, 0.25) is 6.71 Å². The third-order valence-corrected chi connectivity index (χ3v) is 14.6. The number of nitrogens with zero attached hydrogens (tertiary/aromatic N) is 1. The fraction of sp³-hybridized carbons (Fsp3) is 0.0769. The van der Waals surface area contributed by atoms with Gasteiger partial charge < -0.3 is 4.90 Å². The molecule has 1 nitrogen and oxygen atoms in total. The van der Waals surface area contributed by atoms with Gasteiger partial charge in [0.15, 0.2) is 0 Å². The van der Waals surface area contributed by atoms with Crippen molar-refractivity contribution in [2.24, 2.45) is 0 Å². The molecule has 0 unspecified atom stereocenters. The zero-order valence-electron chi connectivity index (χ0n) is 31.4. The molecular weight excluding hydrogens is 714 g/mol. The SMILES string of the molecule is CC(C)(C)c1ccc(N2c3cc4c(cc3B3c5ccccc5-c5cc(-c6cccc7c6sc6ccccc67)cc2c53)sc2ccccc24)c(-c2ccccc2)c1. The van der Waals surface area contributed by atoms with Gasteiger partial charge in [0.25, 0.3) is 0 Å². The third-order valence-electron chi connectivity index (χ3n) is 12.2. The van der Waals surface area contributed by atoms with E-state index in [0.29, 0.717) is 0 Å². The summed E-state index contributed by atoms with van der Waals surface area (Å²) in [5.41, 5.74) is 17.0. The largest absolute Gasteiger partial charge is 0.311 e.